The smallest absolute Gasteiger partial charge is 0.245 e. The number of hydrogen-bond acceptors (Lipinski definition) is 2. The maximum Gasteiger partial charge on any atom is 0.245 e. The van der Waals surface area contributed by atoms with Crippen molar-refractivity contribution >= 4 is 5.91 Å². The first-order valence-corrected chi connectivity index (χ1v) is 7.06. The van der Waals surface area contributed by atoms with Gasteiger partial charge in [-0.25, -0.2) is 0 Å². The number of carbonyl (C=O) groups is 1. The molecule has 1 saturated heterocycles. The van der Waals surface area contributed by atoms with Gasteiger partial charge in [-0.05, 0) is 24.3 Å². The lowest BCUT2D eigenvalue weighted by atomic mass is 9.89. The van der Waals surface area contributed by atoms with E-state index in [2.05, 4.69) is 33.0 Å². The molecule has 1 N–H and O–H groups in total. The molecule has 2 rings (SSSR count). The number of carbonyl (C=O) groups excluding carboxylic acids is 1. The van der Waals surface area contributed by atoms with Crippen LogP contribution in [0, 0.1) is 5.41 Å². The van der Waals surface area contributed by atoms with Gasteiger partial charge in [-0.3, -0.25) is 10.1 Å². The fraction of sp³-hybridized carbons (Fsp3) is 0.562. The Bertz CT molecular complexity index is 441. The van der Waals surface area contributed by atoms with Gasteiger partial charge in [0.05, 0.1) is 6.17 Å². The molecule has 0 aliphatic carbocycles. The molecule has 0 spiro atoms. The molecule has 0 bridgehead atoms. The first-order valence-electron chi connectivity index (χ1n) is 7.06. The second-order valence-electron chi connectivity index (χ2n) is 6.17. The largest absolute Gasteiger partial charge is 0.325 e. The third-order valence-electron chi connectivity index (χ3n) is 4.09. The zero-order chi connectivity index (χ0) is 14.0. The van der Waals surface area contributed by atoms with Crippen LogP contribution in [0.1, 0.15) is 45.7 Å². The van der Waals surface area contributed by atoms with E-state index in [-0.39, 0.29) is 23.5 Å². The number of nitrogens with one attached hydrogen (secondary N) is 1. The molecule has 1 aromatic rings. The summed E-state index contributed by atoms with van der Waals surface area (Å²) in [5.41, 5.74) is 1.22. The van der Waals surface area contributed by atoms with Crippen molar-refractivity contribution in [3.8, 4) is 0 Å². The van der Waals surface area contributed by atoms with Gasteiger partial charge in [0.15, 0.2) is 0 Å². The Morgan fingerprint density at radius 1 is 1.26 bits per heavy atom. The van der Waals surface area contributed by atoms with Gasteiger partial charge < -0.3 is 4.90 Å². The maximum atomic E-state index is 12.6. The first kappa shape index (κ1) is 14.1. The van der Waals surface area contributed by atoms with Crippen molar-refractivity contribution < 1.29 is 4.79 Å². The standard InChI is InChI=1S/C16H24N2O/c1-5-16(3,4)11-18-12(2)17-14(15(18)19)13-9-7-6-8-10-13/h6-10,12,14,17H,5,11H2,1-4H3. The van der Waals surface area contributed by atoms with E-state index in [0.717, 1.165) is 18.5 Å². The van der Waals surface area contributed by atoms with Crippen LogP contribution in [0.15, 0.2) is 30.3 Å². The van der Waals surface area contributed by atoms with E-state index in [1.165, 1.54) is 0 Å². The number of nitrogens with zero attached hydrogens (tertiary/aromatic N) is 1. The summed E-state index contributed by atoms with van der Waals surface area (Å²) in [7, 11) is 0. The molecule has 1 aromatic carbocycles. The van der Waals surface area contributed by atoms with Crippen LogP contribution in [0.25, 0.3) is 0 Å². The molecule has 2 atom stereocenters. The Hall–Kier alpha value is -1.35. The van der Waals surface area contributed by atoms with Crippen molar-refractivity contribution in [2.45, 2.75) is 46.3 Å². The molecule has 0 saturated carbocycles. The van der Waals surface area contributed by atoms with E-state index in [1.54, 1.807) is 0 Å². The van der Waals surface area contributed by atoms with Crippen LogP contribution in [0.4, 0.5) is 0 Å². The molecule has 0 aromatic heterocycles. The van der Waals surface area contributed by atoms with Gasteiger partial charge in [0.25, 0.3) is 0 Å². The van der Waals surface area contributed by atoms with Crippen molar-refractivity contribution in [1.29, 1.82) is 0 Å². The van der Waals surface area contributed by atoms with Crippen molar-refractivity contribution in [1.82, 2.24) is 10.2 Å². The van der Waals surface area contributed by atoms with Crippen LogP contribution in [0.5, 0.6) is 0 Å². The molecule has 1 fully saturated rings. The summed E-state index contributed by atoms with van der Waals surface area (Å²) in [5.74, 6) is 0.195. The SMILES string of the molecule is CCC(C)(C)CN1C(=O)C(c2ccccc2)NC1C. The highest BCUT2D eigenvalue weighted by atomic mass is 16.2. The van der Waals surface area contributed by atoms with Crippen molar-refractivity contribution in [2.75, 3.05) is 6.54 Å². The fourth-order valence-corrected chi connectivity index (χ4v) is 2.43. The highest BCUT2D eigenvalue weighted by Gasteiger charge is 2.39. The second kappa shape index (κ2) is 5.33. The molecule has 104 valence electrons. The zero-order valence-electron chi connectivity index (χ0n) is 12.3. The predicted molar refractivity (Wildman–Crippen MR) is 77.6 cm³/mol. The van der Waals surface area contributed by atoms with Crippen LogP contribution in [-0.4, -0.2) is 23.5 Å². The van der Waals surface area contributed by atoms with Gasteiger partial charge in [-0.2, -0.15) is 0 Å². The van der Waals surface area contributed by atoms with E-state index in [0.29, 0.717) is 0 Å². The first-order chi connectivity index (χ1) is 8.94. The van der Waals surface area contributed by atoms with E-state index in [1.807, 2.05) is 35.2 Å². The summed E-state index contributed by atoms with van der Waals surface area (Å²) in [6.45, 7) is 9.46. The second-order valence-corrected chi connectivity index (χ2v) is 6.17. The highest BCUT2D eigenvalue weighted by molar-refractivity contribution is 5.85. The lowest BCUT2D eigenvalue weighted by Crippen LogP contribution is -2.41. The Morgan fingerprint density at radius 2 is 1.89 bits per heavy atom. The average molecular weight is 260 g/mol. The Morgan fingerprint density at radius 3 is 2.47 bits per heavy atom. The summed E-state index contributed by atoms with van der Waals surface area (Å²) in [5, 5.41) is 3.39. The third kappa shape index (κ3) is 2.98. The van der Waals surface area contributed by atoms with Crippen LogP contribution in [-0.2, 0) is 4.79 Å². The van der Waals surface area contributed by atoms with E-state index >= 15 is 0 Å². The molecule has 3 heteroatoms. The maximum absolute atomic E-state index is 12.6. The monoisotopic (exact) mass is 260 g/mol. The number of hydrogen-bond donors (Lipinski definition) is 1. The summed E-state index contributed by atoms with van der Waals surface area (Å²) < 4.78 is 0. The van der Waals surface area contributed by atoms with Crippen LogP contribution >= 0.6 is 0 Å². The molecule has 0 radical (unpaired) electrons. The molecular weight excluding hydrogens is 236 g/mol. The normalized spacial score (nSPS) is 24.0. The van der Waals surface area contributed by atoms with Crippen molar-refractivity contribution in [2.24, 2.45) is 5.41 Å². The number of rotatable bonds is 4. The van der Waals surface area contributed by atoms with Gasteiger partial charge in [-0.15, -0.1) is 0 Å². The summed E-state index contributed by atoms with van der Waals surface area (Å²) in [6, 6.07) is 9.77. The van der Waals surface area contributed by atoms with Crippen LogP contribution in [0.3, 0.4) is 0 Å². The molecule has 2 unspecified atom stereocenters. The zero-order valence-corrected chi connectivity index (χ0v) is 12.3. The minimum atomic E-state index is -0.191. The molecule has 19 heavy (non-hydrogen) atoms. The highest BCUT2D eigenvalue weighted by Crippen LogP contribution is 2.29. The van der Waals surface area contributed by atoms with Gasteiger partial charge >= 0.3 is 0 Å². The van der Waals surface area contributed by atoms with Crippen molar-refractivity contribution in [3.05, 3.63) is 35.9 Å². The minimum absolute atomic E-state index is 0.100. The van der Waals surface area contributed by atoms with Crippen LogP contribution in [0.2, 0.25) is 0 Å². The average Bonchev–Trinajstić information content (AvgIpc) is 2.67. The minimum Gasteiger partial charge on any atom is -0.325 e. The van der Waals surface area contributed by atoms with Gasteiger partial charge in [0.2, 0.25) is 5.91 Å². The lowest BCUT2D eigenvalue weighted by molar-refractivity contribution is -0.131. The summed E-state index contributed by atoms with van der Waals surface area (Å²) >= 11 is 0. The predicted octanol–water partition coefficient (Wildman–Crippen LogP) is 2.94. The van der Waals surface area contributed by atoms with E-state index < -0.39 is 0 Å². The molecule has 1 heterocycles. The molecule has 1 aliphatic heterocycles. The lowest BCUT2D eigenvalue weighted by Gasteiger charge is -2.31. The summed E-state index contributed by atoms with van der Waals surface area (Å²) in [6.07, 6.45) is 1.17. The number of amides is 1. The van der Waals surface area contributed by atoms with Gasteiger partial charge in [0.1, 0.15) is 6.04 Å². The topological polar surface area (TPSA) is 32.3 Å². The fourth-order valence-electron chi connectivity index (χ4n) is 2.43. The Labute approximate surface area is 116 Å². The number of benzene rings is 1. The van der Waals surface area contributed by atoms with E-state index in [4.69, 9.17) is 0 Å². The third-order valence-corrected chi connectivity index (χ3v) is 4.09. The summed E-state index contributed by atoms with van der Waals surface area (Å²) in [4.78, 5) is 14.5. The van der Waals surface area contributed by atoms with Crippen molar-refractivity contribution in [3.63, 3.8) is 0 Å². The molecule has 1 aliphatic rings. The Kier molecular flexibility index (Phi) is 3.95. The van der Waals surface area contributed by atoms with Gasteiger partial charge in [0, 0.05) is 6.54 Å². The van der Waals surface area contributed by atoms with Gasteiger partial charge in [-0.1, -0.05) is 51.1 Å². The molecule has 3 nitrogen and oxygen atoms in total. The molecule has 1 amide bonds. The van der Waals surface area contributed by atoms with Crippen LogP contribution < -0.4 is 5.32 Å². The quantitative estimate of drug-likeness (QED) is 0.902. The Balaban J connectivity index is 2.15. The molecular formula is C16H24N2O. The van der Waals surface area contributed by atoms with E-state index in [9.17, 15) is 4.79 Å².